The van der Waals surface area contributed by atoms with Crippen LogP contribution in [0.15, 0.2) is 6.07 Å². The Kier molecular flexibility index (Phi) is 11.0. The molecule has 0 bridgehead atoms. The van der Waals surface area contributed by atoms with Crippen LogP contribution in [0.1, 0.15) is 51.3 Å². The first-order valence-electron chi connectivity index (χ1n) is 15.2. The van der Waals surface area contributed by atoms with Gasteiger partial charge in [0, 0.05) is 30.6 Å². The fourth-order valence-electron chi connectivity index (χ4n) is 5.38. The van der Waals surface area contributed by atoms with Crippen LogP contribution >= 0.6 is 0 Å². The van der Waals surface area contributed by atoms with Gasteiger partial charge in [-0.05, 0) is 52.8 Å². The molecule has 0 spiro atoms. The van der Waals surface area contributed by atoms with Crippen molar-refractivity contribution < 1.29 is 35.8 Å². The summed E-state index contributed by atoms with van der Waals surface area (Å²) in [5.74, 6) is -1.44. The topological polar surface area (TPSA) is 123 Å². The van der Waals surface area contributed by atoms with Crippen molar-refractivity contribution in [3.05, 3.63) is 23.1 Å². The van der Waals surface area contributed by atoms with E-state index in [1.165, 1.54) is 4.90 Å². The van der Waals surface area contributed by atoms with Crippen molar-refractivity contribution in [2.45, 2.75) is 65.7 Å². The Labute approximate surface area is 263 Å². The van der Waals surface area contributed by atoms with E-state index in [0.717, 1.165) is 25.8 Å². The number of nitrogen functional groups attached to an aromatic ring is 1. The molecule has 0 radical (unpaired) electrons. The molecule has 1 unspecified atom stereocenters. The molecule has 4 heterocycles. The average Bonchev–Trinajstić information content (AvgIpc) is 3.73. The monoisotopic (exact) mass is 658 g/mol. The number of nitrogens with zero attached hydrogens (tertiary/aromatic N) is 5. The van der Waals surface area contributed by atoms with E-state index in [9.17, 15) is 22.0 Å². The van der Waals surface area contributed by atoms with Crippen LogP contribution < -0.4 is 25.8 Å². The highest BCUT2D eigenvalue weighted by atomic mass is 19.4. The second kappa shape index (κ2) is 14.4. The highest BCUT2D eigenvalue weighted by Crippen LogP contribution is 2.47. The van der Waals surface area contributed by atoms with Gasteiger partial charge in [0.1, 0.15) is 28.2 Å². The van der Waals surface area contributed by atoms with Gasteiger partial charge in [0.05, 0.1) is 30.5 Å². The van der Waals surface area contributed by atoms with Gasteiger partial charge >= 0.3 is 12.2 Å². The van der Waals surface area contributed by atoms with E-state index in [-0.39, 0.29) is 41.0 Å². The molecule has 254 valence electrons. The number of ether oxygens (including phenoxy) is 2. The number of rotatable bonds is 8. The minimum atomic E-state index is -4.90. The summed E-state index contributed by atoms with van der Waals surface area (Å²) in [5.41, 5.74) is 2.13. The first-order chi connectivity index (χ1) is 21.8. The summed E-state index contributed by atoms with van der Waals surface area (Å²) in [7, 11) is 1.59. The number of halogens is 6. The third kappa shape index (κ3) is 8.18. The van der Waals surface area contributed by atoms with E-state index >= 15 is 4.39 Å². The van der Waals surface area contributed by atoms with Crippen molar-refractivity contribution in [2.75, 3.05) is 57.4 Å². The molecule has 5 rings (SSSR count). The van der Waals surface area contributed by atoms with Gasteiger partial charge in [-0.1, -0.05) is 13.8 Å². The van der Waals surface area contributed by atoms with E-state index in [1.54, 1.807) is 14.0 Å². The lowest BCUT2D eigenvalue weighted by molar-refractivity contribution is -0.137. The number of hydrogen-bond donors (Lipinski definition) is 3. The van der Waals surface area contributed by atoms with Crippen LogP contribution in [0, 0.1) is 18.2 Å². The maximum atomic E-state index is 16.5. The van der Waals surface area contributed by atoms with Crippen LogP contribution in [-0.2, 0) is 6.18 Å². The van der Waals surface area contributed by atoms with E-state index in [1.807, 2.05) is 13.8 Å². The lowest BCUT2D eigenvalue weighted by Crippen LogP contribution is -2.33. The van der Waals surface area contributed by atoms with Crippen LogP contribution in [0.4, 0.5) is 38.0 Å². The summed E-state index contributed by atoms with van der Waals surface area (Å²) in [6.07, 6.45) is -5.85. The second-order valence-electron chi connectivity index (χ2n) is 11.5. The third-order valence-electron chi connectivity index (χ3n) is 7.64. The standard InChI is InChI=1S/C28H34F6N8O2.C2H6/c1-14-4-7-36-8-9-37-24-19-23(40-26(41-24)43-13-27(5-6-27)12-42(3)11-17(29)30)21(31)22(39-25(19)44-14)16-10-18(35)38-15(2)20(16)28(32,33)34;1-2/h10,14,17,36H,4-9,11-13H2,1-3H3,(H2,35,38)(H,37,40,41);1-2H3. The van der Waals surface area contributed by atoms with Crippen LogP contribution in [0.3, 0.4) is 0 Å². The molecule has 1 saturated carbocycles. The fraction of sp³-hybridized carbons (Fsp3) is 0.600. The maximum absolute atomic E-state index is 16.5. The lowest BCUT2D eigenvalue weighted by atomic mass is 10.0. The molecule has 10 nitrogen and oxygen atoms in total. The Hall–Kier alpha value is -3.66. The minimum Gasteiger partial charge on any atom is -0.474 e. The van der Waals surface area contributed by atoms with Gasteiger partial charge in [0.15, 0.2) is 5.82 Å². The molecule has 4 N–H and O–H groups in total. The van der Waals surface area contributed by atoms with Crippen LogP contribution in [0.2, 0.25) is 0 Å². The molecule has 0 amide bonds. The maximum Gasteiger partial charge on any atom is 0.418 e. The molecule has 16 heteroatoms. The van der Waals surface area contributed by atoms with Gasteiger partial charge in [-0.25, -0.2) is 23.1 Å². The SMILES string of the molecule is CC.Cc1nc(N)cc(-c2nc3c4c(nc(OCC5(CN(C)CC(F)F)CC5)nc4c2F)NCCNCCC(C)O3)c1C(F)(F)F. The summed E-state index contributed by atoms with van der Waals surface area (Å²) >= 11 is 0. The van der Waals surface area contributed by atoms with Gasteiger partial charge in [-0.3, -0.25) is 0 Å². The molecule has 46 heavy (non-hydrogen) atoms. The number of nitrogens with one attached hydrogen (secondary N) is 2. The van der Waals surface area contributed by atoms with Gasteiger partial charge in [-0.2, -0.15) is 23.1 Å². The van der Waals surface area contributed by atoms with Crippen molar-refractivity contribution in [3.8, 4) is 23.1 Å². The molecule has 1 fully saturated rings. The van der Waals surface area contributed by atoms with Crippen LogP contribution in [0.25, 0.3) is 22.2 Å². The van der Waals surface area contributed by atoms with Crippen molar-refractivity contribution >= 4 is 22.5 Å². The second-order valence-corrected chi connectivity index (χ2v) is 11.5. The molecule has 2 aliphatic rings. The Bertz CT molecular complexity index is 1520. The quantitative estimate of drug-likeness (QED) is 0.260. The van der Waals surface area contributed by atoms with Crippen LogP contribution in [0.5, 0.6) is 11.9 Å². The first-order valence-corrected chi connectivity index (χ1v) is 15.2. The molecule has 1 aliphatic carbocycles. The Morgan fingerprint density at radius 3 is 2.50 bits per heavy atom. The van der Waals surface area contributed by atoms with E-state index < -0.39 is 59.0 Å². The number of nitrogens with two attached hydrogens (primary N) is 1. The third-order valence-corrected chi connectivity index (χ3v) is 7.64. The largest absolute Gasteiger partial charge is 0.474 e. The number of alkyl halides is 5. The predicted molar refractivity (Wildman–Crippen MR) is 163 cm³/mol. The predicted octanol–water partition coefficient (Wildman–Crippen LogP) is 5.69. The highest BCUT2D eigenvalue weighted by molar-refractivity contribution is 5.96. The van der Waals surface area contributed by atoms with Gasteiger partial charge in [0.25, 0.3) is 6.43 Å². The number of pyridine rings is 2. The Morgan fingerprint density at radius 2 is 1.85 bits per heavy atom. The van der Waals surface area contributed by atoms with Gasteiger partial charge < -0.3 is 30.7 Å². The van der Waals surface area contributed by atoms with E-state index in [4.69, 9.17) is 15.2 Å². The molecular formula is C30H40F6N8O2. The van der Waals surface area contributed by atoms with Gasteiger partial charge in [-0.15, -0.1) is 0 Å². The summed E-state index contributed by atoms with van der Waals surface area (Å²) in [6.45, 7) is 8.40. The van der Waals surface area contributed by atoms with Crippen LogP contribution in [-0.4, -0.2) is 83.7 Å². The average molecular weight is 659 g/mol. The van der Waals surface area contributed by atoms with Crippen molar-refractivity contribution in [1.29, 1.82) is 0 Å². The molecule has 0 aromatic carbocycles. The number of hydrogen-bond acceptors (Lipinski definition) is 10. The minimum absolute atomic E-state index is 0.0393. The highest BCUT2D eigenvalue weighted by Gasteiger charge is 2.45. The normalized spacial score (nSPS) is 17.9. The molecule has 3 aromatic rings. The molecule has 1 aliphatic heterocycles. The number of anilines is 2. The summed E-state index contributed by atoms with van der Waals surface area (Å²) in [6, 6.07) is 0.685. The molecule has 0 saturated heterocycles. The summed E-state index contributed by atoms with van der Waals surface area (Å²) < 4.78 is 96.8. The molecule has 1 atom stereocenters. The van der Waals surface area contributed by atoms with E-state index in [2.05, 4.69) is 30.6 Å². The lowest BCUT2D eigenvalue weighted by Gasteiger charge is -2.23. The molecule has 3 aromatic heterocycles. The van der Waals surface area contributed by atoms with E-state index in [0.29, 0.717) is 32.6 Å². The zero-order valence-electron chi connectivity index (χ0n) is 26.5. The zero-order valence-corrected chi connectivity index (χ0v) is 26.5. The summed E-state index contributed by atoms with van der Waals surface area (Å²) in [4.78, 5) is 18.3. The smallest absolute Gasteiger partial charge is 0.418 e. The van der Waals surface area contributed by atoms with Crippen molar-refractivity contribution in [3.63, 3.8) is 0 Å². The summed E-state index contributed by atoms with van der Waals surface area (Å²) in [5, 5.41) is 6.39. The van der Waals surface area contributed by atoms with Crippen molar-refractivity contribution in [1.82, 2.24) is 30.2 Å². The Morgan fingerprint density at radius 1 is 1.13 bits per heavy atom. The Balaban J connectivity index is 0.00000235. The number of aromatic nitrogens is 4. The zero-order chi connectivity index (χ0) is 33.8. The van der Waals surface area contributed by atoms with Crippen molar-refractivity contribution in [2.24, 2.45) is 5.41 Å². The number of aryl methyl sites for hydroxylation is 1. The fourth-order valence-corrected chi connectivity index (χ4v) is 5.38. The van der Waals surface area contributed by atoms with Gasteiger partial charge in [0.2, 0.25) is 5.88 Å². The first kappa shape index (κ1) is 35.2. The molecular weight excluding hydrogens is 618 g/mol.